The van der Waals surface area contributed by atoms with E-state index >= 15 is 0 Å². The number of halogens is 1. The van der Waals surface area contributed by atoms with Gasteiger partial charge >= 0.3 is 0 Å². The molecule has 7 heteroatoms. The van der Waals surface area contributed by atoms with Crippen LogP contribution in [0.1, 0.15) is 10.4 Å². The van der Waals surface area contributed by atoms with Crippen LogP contribution < -0.4 is 5.73 Å². The van der Waals surface area contributed by atoms with Crippen LogP contribution in [0, 0.1) is 0 Å². The van der Waals surface area contributed by atoms with Gasteiger partial charge in [0, 0.05) is 19.6 Å². The highest BCUT2D eigenvalue weighted by atomic mass is 35.5. The number of hydrogen-bond acceptors (Lipinski definition) is 4. The van der Waals surface area contributed by atoms with Gasteiger partial charge in [-0.05, 0) is 19.2 Å². The molecule has 1 saturated heterocycles. The summed E-state index contributed by atoms with van der Waals surface area (Å²) >= 11 is 6.08. The van der Waals surface area contributed by atoms with Crippen molar-refractivity contribution >= 4 is 23.4 Å². The molecule has 22 heavy (non-hydrogen) atoms. The van der Waals surface area contributed by atoms with E-state index in [9.17, 15) is 9.59 Å². The maximum Gasteiger partial charge on any atom is 0.255 e. The molecule has 1 aromatic rings. The van der Waals surface area contributed by atoms with Gasteiger partial charge in [0.1, 0.15) is 0 Å². The van der Waals surface area contributed by atoms with Crippen LogP contribution in [-0.4, -0.2) is 67.6 Å². The number of ether oxygens (including phenoxy) is 1. The van der Waals surface area contributed by atoms with Gasteiger partial charge in [-0.2, -0.15) is 0 Å². The monoisotopic (exact) mass is 325 g/mol. The first-order chi connectivity index (χ1) is 10.5. The average Bonchev–Trinajstić information content (AvgIpc) is 2.46. The van der Waals surface area contributed by atoms with E-state index in [1.807, 2.05) is 0 Å². The molecule has 2 N–H and O–H groups in total. The van der Waals surface area contributed by atoms with E-state index in [1.165, 1.54) is 0 Å². The van der Waals surface area contributed by atoms with Crippen molar-refractivity contribution in [3.05, 3.63) is 34.9 Å². The first-order valence-corrected chi connectivity index (χ1v) is 7.47. The number of carbonyl (C=O) groups is 2. The molecule has 0 spiro atoms. The number of hydrogen-bond donors (Lipinski definition) is 1. The standard InChI is InChI=1S/C15H20ClN3O3/c1-18(10-14(17)20)8-11-9-19(6-7-22-11)15(21)12-4-2-3-5-13(12)16/h2-5,11H,6-10H2,1H3,(H2,17,20). The predicted molar refractivity (Wildman–Crippen MR) is 83.8 cm³/mol. The Labute approximate surface area is 134 Å². The smallest absolute Gasteiger partial charge is 0.255 e. The third-order valence-electron chi connectivity index (χ3n) is 3.47. The number of primary amides is 1. The molecule has 0 bridgehead atoms. The van der Waals surface area contributed by atoms with E-state index in [-0.39, 0.29) is 24.5 Å². The lowest BCUT2D eigenvalue weighted by Gasteiger charge is -2.34. The SMILES string of the molecule is CN(CC(N)=O)CC1CN(C(=O)c2ccccc2Cl)CCO1. The van der Waals surface area contributed by atoms with Crippen molar-refractivity contribution in [1.82, 2.24) is 9.80 Å². The second kappa shape index (κ2) is 7.58. The van der Waals surface area contributed by atoms with Crippen LogP contribution >= 0.6 is 11.6 Å². The molecule has 0 aromatic heterocycles. The fourth-order valence-electron chi connectivity index (χ4n) is 2.50. The minimum absolute atomic E-state index is 0.101. The highest BCUT2D eigenvalue weighted by Crippen LogP contribution is 2.18. The molecule has 1 aliphatic rings. The molecule has 0 saturated carbocycles. The summed E-state index contributed by atoms with van der Waals surface area (Å²) < 4.78 is 5.66. The van der Waals surface area contributed by atoms with Gasteiger partial charge in [0.25, 0.3) is 5.91 Å². The zero-order valence-corrected chi connectivity index (χ0v) is 13.3. The number of carbonyl (C=O) groups excluding carboxylic acids is 2. The maximum atomic E-state index is 12.5. The molecule has 6 nitrogen and oxygen atoms in total. The second-order valence-electron chi connectivity index (χ2n) is 5.39. The number of nitrogens with two attached hydrogens (primary N) is 1. The molecule has 1 aromatic carbocycles. The van der Waals surface area contributed by atoms with Crippen LogP contribution in [0.15, 0.2) is 24.3 Å². The van der Waals surface area contributed by atoms with E-state index in [2.05, 4.69) is 0 Å². The van der Waals surface area contributed by atoms with Gasteiger partial charge in [0.2, 0.25) is 5.91 Å². The Hall–Kier alpha value is -1.63. The molecule has 120 valence electrons. The number of benzene rings is 1. The van der Waals surface area contributed by atoms with Crippen LogP contribution in [0.2, 0.25) is 5.02 Å². The molecule has 1 aliphatic heterocycles. The zero-order valence-electron chi connectivity index (χ0n) is 12.5. The Bertz CT molecular complexity index is 553. The Morgan fingerprint density at radius 2 is 2.18 bits per heavy atom. The number of morpholine rings is 1. The van der Waals surface area contributed by atoms with Crippen LogP contribution in [-0.2, 0) is 9.53 Å². The van der Waals surface area contributed by atoms with Crippen LogP contribution in [0.4, 0.5) is 0 Å². The summed E-state index contributed by atoms with van der Waals surface area (Å²) in [5.41, 5.74) is 5.66. The molecule has 1 atom stereocenters. The molecule has 1 fully saturated rings. The Morgan fingerprint density at radius 1 is 1.45 bits per heavy atom. The van der Waals surface area contributed by atoms with Crippen molar-refractivity contribution in [3.8, 4) is 0 Å². The van der Waals surface area contributed by atoms with E-state index < -0.39 is 0 Å². The molecule has 1 heterocycles. The van der Waals surface area contributed by atoms with Gasteiger partial charge < -0.3 is 15.4 Å². The molecular weight excluding hydrogens is 306 g/mol. The first kappa shape index (κ1) is 16.7. The van der Waals surface area contributed by atoms with E-state index in [0.717, 1.165) is 0 Å². The quantitative estimate of drug-likeness (QED) is 0.860. The van der Waals surface area contributed by atoms with Crippen molar-refractivity contribution < 1.29 is 14.3 Å². The number of rotatable bonds is 5. The Balaban J connectivity index is 1.97. The summed E-state index contributed by atoms with van der Waals surface area (Å²) in [4.78, 5) is 27.0. The van der Waals surface area contributed by atoms with Gasteiger partial charge in [-0.1, -0.05) is 23.7 Å². The summed E-state index contributed by atoms with van der Waals surface area (Å²) in [6, 6.07) is 7.00. The molecular formula is C15H20ClN3O3. The highest BCUT2D eigenvalue weighted by molar-refractivity contribution is 6.33. The number of nitrogens with zero attached hydrogens (tertiary/aromatic N) is 2. The molecule has 2 rings (SSSR count). The molecule has 0 aliphatic carbocycles. The average molecular weight is 326 g/mol. The van der Waals surface area contributed by atoms with Gasteiger partial charge in [-0.3, -0.25) is 14.5 Å². The van der Waals surface area contributed by atoms with Crippen molar-refractivity contribution in [1.29, 1.82) is 0 Å². The molecule has 2 amide bonds. The summed E-state index contributed by atoms with van der Waals surface area (Å²) in [5, 5.41) is 0.446. The minimum Gasteiger partial charge on any atom is -0.373 e. The van der Waals surface area contributed by atoms with Crippen molar-refractivity contribution in [2.75, 3.05) is 39.8 Å². The van der Waals surface area contributed by atoms with Crippen molar-refractivity contribution in [2.45, 2.75) is 6.10 Å². The Morgan fingerprint density at radius 3 is 2.86 bits per heavy atom. The van der Waals surface area contributed by atoms with Crippen LogP contribution in [0.25, 0.3) is 0 Å². The minimum atomic E-state index is -0.387. The number of likely N-dealkylation sites (N-methyl/N-ethyl adjacent to an activating group) is 1. The zero-order chi connectivity index (χ0) is 16.1. The van der Waals surface area contributed by atoms with E-state index in [4.69, 9.17) is 22.1 Å². The highest BCUT2D eigenvalue weighted by Gasteiger charge is 2.26. The normalized spacial score (nSPS) is 18.5. The second-order valence-corrected chi connectivity index (χ2v) is 5.79. The van der Waals surface area contributed by atoms with E-state index in [0.29, 0.717) is 36.8 Å². The Kier molecular flexibility index (Phi) is 5.76. The summed E-state index contributed by atoms with van der Waals surface area (Å²) in [7, 11) is 1.79. The van der Waals surface area contributed by atoms with Gasteiger partial charge in [-0.15, -0.1) is 0 Å². The summed E-state index contributed by atoms with van der Waals surface area (Å²) in [6.45, 7) is 2.16. The van der Waals surface area contributed by atoms with Gasteiger partial charge in [-0.25, -0.2) is 0 Å². The summed E-state index contributed by atoms with van der Waals surface area (Å²) in [6.07, 6.45) is -0.149. The van der Waals surface area contributed by atoms with Gasteiger partial charge in [0.05, 0.1) is 29.8 Å². The molecule has 1 unspecified atom stereocenters. The summed E-state index contributed by atoms with van der Waals surface area (Å²) in [5.74, 6) is -0.487. The van der Waals surface area contributed by atoms with Crippen molar-refractivity contribution in [2.24, 2.45) is 5.73 Å². The lowest BCUT2D eigenvalue weighted by molar-refractivity contribution is -0.119. The third-order valence-corrected chi connectivity index (χ3v) is 3.80. The van der Waals surface area contributed by atoms with Crippen LogP contribution in [0.5, 0.6) is 0 Å². The molecule has 0 radical (unpaired) electrons. The van der Waals surface area contributed by atoms with Crippen LogP contribution in [0.3, 0.4) is 0 Å². The largest absolute Gasteiger partial charge is 0.373 e. The lowest BCUT2D eigenvalue weighted by Crippen LogP contribution is -2.50. The lowest BCUT2D eigenvalue weighted by atomic mass is 10.1. The van der Waals surface area contributed by atoms with Crippen molar-refractivity contribution in [3.63, 3.8) is 0 Å². The number of amides is 2. The van der Waals surface area contributed by atoms with Gasteiger partial charge in [0.15, 0.2) is 0 Å². The fraction of sp³-hybridized carbons (Fsp3) is 0.467. The first-order valence-electron chi connectivity index (χ1n) is 7.09. The maximum absolute atomic E-state index is 12.5. The topological polar surface area (TPSA) is 75.9 Å². The fourth-order valence-corrected chi connectivity index (χ4v) is 2.71. The predicted octanol–water partition coefficient (Wildman–Crippen LogP) is 0.598. The third kappa shape index (κ3) is 4.43. The van der Waals surface area contributed by atoms with E-state index in [1.54, 1.807) is 41.1 Å².